The van der Waals surface area contributed by atoms with E-state index in [9.17, 15) is 9.59 Å². The molecule has 6 heteroatoms. The van der Waals surface area contributed by atoms with Crippen LogP contribution in [0, 0.1) is 0 Å². The van der Waals surface area contributed by atoms with Gasteiger partial charge in [-0.05, 0) is 13.3 Å². The zero-order valence-electron chi connectivity index (χ0n) is 8.86. The van der Waals surface area contributed by atoms with Crippen LogP contribution in [-0.4, -0.2) is 34.7 Å². The predicted molar refractivity (Wildman–Crippen MR) is 51.4 cm³/mol. The maximum Gasteiger partial charge on any atom is 0.305 e. The van der Waals surface area contributed by atoms with Crippen LogP contribution in [0.25, 0.3) is 0 Å². The van der Waals surface area contributed by atoms with Crippen molar-refractivity contribution in [1.29, 1.82) is 0 Å². The highest BCUT2D eigenvalue weighted by Crippen LogP contribution is 1.96. The first kappa shape index (κ1) is 15.9. The second kappa shape index (κ2) is 10.5. The van der Waals surface area contributed by atoms with Crippen LogP contribution in [0.2, 0.25) is 0 Å². The van der Waals surface area contributed by atoms with E-state index in [1.54, 1.807) is 6.92 Å². The molecule has 88 valence electrons. The summed E-state index contributed by atoms with van der Waals surface area (Å²) in [7, 11) is 0. The molecule has 0 heterocycles. The summed E-state index contributed by atoms with van der Waals surface area (Å²) in [5, 5.41) is 15.6. The van der Waals surface area contributed by atoms with Gasteiger partial charge in [0.1, 0.15) is 0 Å². The summed E-state index contributed by atoms with van der Waals surface area (Å²) < 4.78 is 4.59. The molecule has 0 aliphatic carbocycles. The Hall–Kier alpha value is -1.59. The lowest BCUT2D eigenvalue weighted by atomic mass is 10.2. The first-order valence-electron chi connectivity index (χ1n) is 4.47. The highest BCUT2D eigenvalue weighted by molar-refractivity contribution is 5.71. The molecule has 0 bridgehead atoms. The van der Waals surface area contributed by atoms with Crippen molar-refractivity contribution in [3.8, 4) is 0 Å². The van der Waals surface area contributed by atoms with Gasteiger partial charge in [0.2, 0.25) is 0 Å². The number of ether oxygens (including phenoxy) is 1. The maximum absolute atomic E-state index is 10.6. The summed E-state index contributed by atoms with van der Waals surface area (Å²) in [5.74, 6) is -2.04. The van der Waals surface area contributed by atoms with Crippen molar-refractivity contribution in [2.75, 3.05) is 6.61 Å². The third-order valence-electron chi connectivity index (χ3n) is 1.08. The molecule has 15 heavy (non-hydrogen) atoms. The average Bonchev–Trinajstić information content (AvgIpc) is 2.02. The maximum atomic E-state index is 10.6. The van der Waals surface area contributed by atoms with Crippen molar-refractivity contribution in [2.24, 2.45) is 0 Å². The Morgan fingerprint density at radius 2 is 1.60 bits per heavy atom. The number of carbonyl (C=O) groups excluding carboxylic acids is 1. The highest BCUT2D eigenvalue weighted by atomic mass is 16.5. The number of carboxylic acid groups (broad SMARTS) is 2. The van der Waals surface area contributed by atoms with Crippen LogP contribution in [0.5, 0.6) is 0 Å². The zero-order valence-corrected chi connectivity index (χ0v) is 8.86. The highest BCUT2D eigenvalue weighted by Gasteiger charge is 2.02. The summed E-state index contributed by atoms with van der Waals surface area (Å²) in [4.78, 5) is 29.6. The first-order chi connectivity index (χ1) is 6.90. The number of rotatable bonds is 5. The SMILES string of the molecule is CC(=O)O.CCOC(=O)CCCC(=O)O. The fourth-order valence-electron chi connectivity index (χ4n) is 0.617. The fourth-order valence-corrected chi connectivity index (χ4v) is 0.617. The van der Waals surface area contributed by atoms with Crippen LogP contribution in [0.15, 0.2) is 0 Å². The van der Waals surface area contributed by atoms with Crippen LogP contribution in [0.3, 0.4) is 0 Å². The van der Waals surface area contributed by atoms with E-state index in [0.717, 1.165) is 6.92 Å². The van der Waals surface area contributed by atoms with Crippen molar-refractivity contribution >= 4 is 17.9 Å². The fraction of sp³-hybridized carbons (Fsp3) is 0.667. The van der Waals surface area contributed by atoms with Gasteiger partial charge in [-0.15, -0.1) is 0 Å². The lowest BCUT2D eigenvalue weighted by Crippen LogP contribution is -2.04. The summed E-state index contributed by atoms with van der Waals surface area (Å²) in [6, 6.07) is 0. The van der Waals surface area contributed by atoms with E-state index >= 15 is 0 Å². The number of aliphatic carboxylic acids is 2. The minimum Gasteiger partial charge on any atom is -0.481 e. The second-order valence-corrected chi connectivity index (χ2v) is 2.57. The van der Waals surface area contributed by atoms with Crippen molar-refractivity contribution in [1.82, 2.24) is 0 Å². The van der Waals surface area contributed by atoms with Crippen molar-refractivity contribution in [2.45, 2.75) is 33.1 Å². The van der Waals surface area contributed by atoms with Gasteiger partial charge in [-0.25, -0.2) is 0 Å². The molecule has 0 atom stereocenters. The smallest absolute Gasteiger partial charge is 0.305 e. The molecule has 0 unspecified atom stereocenters. The molecule has 0 aliphatic rings. The van der Waals surface area contributed by atoms with Crippen LogP contribution < -0.4 is 0 Å². The number of carbonyl (C=O) groups is 3. The van der Waals surface area contributed by atoms with Crippen LogP contribution >= 0.6 is 0 Å². The van der Waals surface area contributed by atoms with Crippen LogP contribution in [0.1, 0.15) is 33.1 Å². The molecule has 0 amide bonds. The molecule has 0 radical (unpaired) electrons. The van der Waals surface area contributed by atoms with Gasteiger partial charge in [-0.2, -0.15) is 0 Å². The summed E-state index contributed by atoms with van der Waals surface area (Å²) in [6.07, 6.45) is 0.577. The Balaban J connectivity index is 0. The lowest BCUT2D eigenvalue weighted by molar-refractivity contribution is -0.143. The Labute approximate surface area is 87.9 Å². The van der Waals surface area contributed by atoms with Gasteiger partial charge in [0.15, 0.2) is 0 Å². The van der Waals surface area contributed by atoms with Gasteiger partial charge in [-0.3, -0.25) is 14.4 Å². The van der Waals surface area contributed by atoms with Gasteiger partial charge in [-0.1, -0.05) is 0 Å². The van der Waals surface area contributed by atoms with E-state index < -0.39 is 11.9 Å². The lowest BCUT2D eigenvalue weighted by Gasteiger charge is -1.98. The molecule has 0 aromatic heterocycles. The van der Waals surface area contributed by atoms with Gasteiger partial charge in [0, 0.05) is 19.8 Å². The minimum atomic E-state index is -0.880. The number of hydrogen-bond donors (Lipinski definition) is 2. The Morgan fingerprint density at radius 3 is 1.93 bits per heavy atom. The van der Waals surface area contributed by atoms with Gasteiger partial charge in [0.25, 0.3) is 5.97 Å². The number of hydrogen-bond acceptors (Lipinski definition) is 4. The molecule has 0 saturated carbocycles. The van der Waals surface area contributed by atoms with E-state index in [-0.39, 0.29) is 18.8 Å². The summed E-state index contributed by atoms with van der Waals surface area (Å²) >= 11 is 0. The van der Waals surface area contributed by atoms with E-state index in [4.69, 9.17) is 15.0 Å². The molecule has 2 N–H and O–H groups in total. The zero-order chi connectivity index (χ0) is 12.3. The van der Waals surface area contributed by atoms with E-state index in [1.165, 1.54) is 0 Å². The quantitative estimate of drug-likeness (QED) is 0.667. The van der Waals surface area contributed by atoms with Gasteiger partial charge < -0.3 is 14.9 Å². The van der Waals surface area contributed by atoms with Gasteiger partial charge in [0.05, 0.1) is 6.61 Å². The topological polar surface area (TPSA) is 101 Å². The molecule has 0 aromatic rings. The number of esters is 1. The molecule has 0 aromatic carbocycles. The number of carboxylic acids is 2. The van der Waals surface area contributed by atoms with Crippen molar-refractivity contribution < 1.29 is 29.3 Å². The standard InChI is InChI=1S/C7H12O4.C2H4O2/c1-2-11-7(10)5-3-4-6(8)9;1-2(3)4/h2-5H2,1H3,(H,8,9);1H3,(H,3,4). The Kier molecular flexibility index (Phi) is 11.1. The monoisotopic (exact) mass is 220 g/mol. The van der Waals surface area contributed by atoms with Crippen molar-refractivity contribution in [3.63, 3.8) is 0 Å². The van der Waals surface area contributed by atoms with Crippen LogP contribution in [0.4, 0.5) is 0 Å². The van der Waals surface area contributed by atoms with E-state index in [0.29, 0.717) is 13.0 Å². The molecule has 0 aliphatic heterocycles. The molecular weight excluding hydrogens is 204 g/mol. The van der Waals surface area contributed by atoms with Gasteiger partial charge >= 0.3 is 11.9 Å². The normalized spacial score (nSPS) is 8.40. The van der Waals surface area contributed by atoms with E-state index in [1.807, 2.05) is 0 Å². The average molecular weight is 220 g/mol. The summed E-state index contributed by atoms with van der Waals surface area (Å²) in [5.41, 5.74) is 0. The molecule has 6 nitrogen and oxygen atoms in total. The predicted octanol–water partition coefficient (Wildman–Crippen LogP) is 0.895. The molecule has 0 spiro atoms. The molecule has 0 saturated heterocycles. The third kappa shape index (κ3) is 24.5. The Bertz CT molecular complexity index is 207. The summed E-state index contributed by atoms with van der Waals surface area (Å²) in [6.45, 7) is 3.15. The molecular formula is C9H16O6. The van der Waals surface area contributed by atoms with Crippen LogP contribution in [-0.2, 0) is 19.1 Å². The van der Waals surface area contributed by atoms with E-state index in [2.05, 4.69) is 4.74 Å². The third-order valence-corrected chi connectivity index (χ3v) is 1.08. The molecule has 0 fully saturated rings. The minimum absolute atomic E-state index is 0.0266. The van der Waals surface area contributed by atoms with Crippen molar-refractivity contribution in [3.05, 3.63) is 0 Å². The Morgan fingerprint density at radius 1 is 1.13 bits per heavy atom. The molecule has 0 rings (SSSR count). The first-order valence-corrected chi connectivity index (χ1v) is 4.47. The second-order valence-electron chi connectivity index (χ2n) is 2.57. The largest absolute Gasteiger partial charge is 0.481 e.